The number of carboxylic acid groups (broad SMARTS) is 1. The van der Waals surface area contributed by atoms with Crippen LogP contribution in [0.25, 0.3) is 0 Å². The van der Waals surface area contributed by atoms with Gasteiger partial charge in [-0.2, -0.15) is 10.4 Å². The van der Waals surface area contributed by atoms with Crippen molar-refractivity contribution in [3.8, 4) is 5.75 Å². The molecule has 1 heterocycles. The Morgan fingerprint density at radius 2 is 1.83 bits per heavy atom. The fourth-order valence-corrected chi connectivity index (χ4v) is 4.09. The van der Waals surface area contributed by atoms with Crippen molar-refractivity contribution >= 4 is 35.2 Å². The van der Waals surface area contributed by atoms with Crippen LogP contribution in [-0.4, -0.2) is 65.1 Å². The van der Waals surface area contributed by atoms with E-state index >= 15 is 0 Å². The number of aryl methyl sites for hydroxylation is 1. The lowest BCUT2D eigenvalue weighted by Gasteiger charge is -2.20. The van der Waals surface area contributed by atoms with Crippen LogP contribution in [0.15, 0.2) is 53.9 Å². The average Bonchev–Trinajstić information content (AvgIpc) is 3.43. The number of methoxy groups -OCH3 is 2. The van der Waals surface area contributed by atoms with Crippen LogP contribution < -0.4 is 15.1 Å². The van der Waals surface area contributed by atoms with Gasteiger partial charge in [-0.15, -0.1) is 21.8 Å². The molecule has 1 aromatic heterocycles. The smallest absolute Gasteiger partial charge is 0.335 e. The average molecular weight is 606 g/mol. The summed E-state index contributed by atoms with van der Waals surface area (Å²) in [4.78, 5) is 25.6. The van der Waals surface area contributed by atoms with E-state index in [2.05, 4.69) is 31.2 Å². The van der Waals surface area contributed by atoms with Gasteiger partial charge >= 0.3 is 11.8 Å². The first-order chi connectivity index (χ1) is 20.0. The molecule has 0 spiro atoms. The summed E-state index contributed by atoms with van der Waals surface area (Å²) in [7, 11) is 3.05. The Morgan fingerprint density at radius 3 is 2.33 bits per heavy atom. The number of thiazole rings is 1. The zero-order valence-corrected chi connectivity index (χ0v) is 26.1. The summed E-state index contributed by atoms with van der Waals surface area (Å²) in [5, 5.41) is 31.1. The summed E-state index contributed by atoms with van der Waals surface area (Å²) in [6.07, 6.45) is 4.36. The second kappa shape index (κ2) is 19.5. The number of hydrogen-bond acceptors (Lipinski definition) is 9. The van der Waals surface area contributed by atoms with Crippen molar-refractivity contribution < 1.29 is 34.6 Å². The van der Waals surface area contributed by atoms with Gasteiger partial charge in [-0.25, -0.2) is 4.79 Å². The lowest BCUT2D eigenvalue weighted by Crippen LogP contribution is -2.48. The zero-order valence-electron chi connectivity index (χ0n) is 25.3. The number of hydrogen-bond donors (Lipinski definition) is 4. The Balaban J connectivity index is 0.000000354. The van der Waals surface area contributed by atoms with E-state index in [1.165, 1.54) is 54.0 Å². The molecular weight excluding hydrogens is 560 g/mol. The largest absolute Gasteiger partial charge is 0.494 e. The van der Waals surface area contributed by atoms with Gasteiger partial charge in [-0.3, -0.25) is 4.79 Å². The predicted molar refractivity (Wildman–Crippen MR) is 165 cm³/mol. The van der Waals surface area contributed by atoms with Gasteiger partial charge in [-0.05, 0) is 49.4 Å². The lowest BCUT2D eigenvalue weighted by atomic mass is 10.1. The minimum Gasteiger partial charge on any atom is -0.494 e. The number of carboxylic acids is 1. The van der Waals surface area contributed by atoms with Gasteiger partial charge in [0.15, 0.2) is 0 Å². The summed E-state index contributed by atoms with van der Waals surface area (Å²) in [6.45, 7) is 10.8. The van der Waals surface area contributed by atoms with Crippen molar-refractivity contribution in [2.75, 3.05) is 32.7 Å². The molecule has 1 atom stereocenters. The molecule has 0 saturated carbocycles. The number of carbonyl (C=O) groups is 2. The van der Waals surface area contributed by atoms with Crippen LogP contribution in [0.2, 0.25) is 0 Å². The first-order valence-corrected chi connectivity index (χ1v) is 14.6. The highest BCUT2D eigenvalue weighted by Crippen LogP contribution is 2.29. The number of amides is 1. The van der Waals surface area contributed by atoms with Crippen LogP contribution in [0.5, 0.6) is 5.75 Å². The minimum atomic E-state index is -1.67. The molecule has 0 aliphatic carbocycles. The van der Waals surface area contributed by atoms with E-state index in [1.807, 2.05) is 35.2 Å². The number of aromatic nitrogens is 1. The zero-order chi connectivity index (χ0) is 31.5. The number of benzene rings is 2. The normalized spacial score (nSPS) is 11.2. The van der Waals surface area contributed by atoms with Gasteiger partial charge in [0.05, 0.1) is 29.7 Å². The Bertz CT molecular complexity index is 1190. The van der Waals surface area contributed by atoms with Gasteiger partial charge in [-0.1, -0.05) is 57.5 Å². The maximum Gasteiger partial charge on any atom is 0.335 e. The Hall–Kier alpha value is -3.55. The van der Waals surface area contributed by atoms with Crippen molar-refractivity contribution in [3.05, 3.63) is 70.0 Å². The molecule has 0 aliphatic rings. The third-order valence-corrected chi connectivity index (χ3v) is 6.83. The molecule has 11 nitrogen and oxygen atoms in total. The highest BCUT2D eigenvalue weighted by Gasteiger charge is 2.32. The van der Waals surface area contributed by atoms with Gasteiger partial charge in [0, 0.05) is 20.2 Å². The van der Waals surface area contributed by atoms with Gasteiger partial charge < -0.3 is 19.5 Å². The molecule has 0 radical (unpaired) electrons. The van der Waals surface area contributed by atoms with Crippen LogP contribution in [0, 0.1) is 12.8 Å². The van der Waals surface area contributed by atoms with Crippen molar-refractivity contribution in [1.82, 2.24) is 14.8 Å². The summed E-state index contributed by atoms with van der Waals surface area (Å²) in [6, 6.07) is 14.1. The molecule has 3 aromatic rings. The number of nitrogens with one attached hydrogen (secondary N) is 1. The fourth-order valence-electron chi connectivity index (χ4n) is 3.47. The quantitative estimate of drug-likeness (QED) is 0.0933. The van der Waals surface area contributed by atoms with Crippen LogP contribution in [0.1, 0.15) is 61.0 Å². The van der Waals surface area contributed by atoms with Crippen molar-refractivity contribution in [1.29, 1.82) is 0 Å². The molecular formula is C30H45N4O7S+. The molecule has 1 amide bonds. The van der Waals surface area contributed by atoms with E-state index in [1.54, 1.807) is 14.0 Å². The number of anilines is 1. The number of carbonyl (C=O) groups excluding carboxylic acids is 1. The summed E-state index contributed by atoms with van der Waals surface area (Å²) < 4.78 is 9.98. The van der Waals surface area contributed by atoms with E-state index in [0.717, 1.165) is 38.3 Å². The van der Waals surface area contributed by atoms with Crippen LogP contribution in [0.4, 0.5) is 11.5 Å². The number of quaternary nitrogens is 1. The summed E-state index contributed by atoms with van der Waals surface area (Å²) >= 11 is 1.26. The summed E-state index contributed by atoms with van der Waals surface area (Å²) in [5.74, 6) is -0.220. The van der Waals surface area contributed by atoms with Crippen molar-refractivity contribution in [2.45, 2.75) is 53.6 Å². The lowest BCUT2D eigenvalue weighted by molar-refractivity contribution is -0.274. The topological polar surface area (TPSA) is 141 Å². The standard InChI is InChI=1S/C12H13N3O5S.C10H21NO.C8H10O/c1-7-13-11(6-21-7)15(18,19)14-9-4-3-8(12(16)17)5-10(9)20-2;1-4-7-11(9-12)8-6-10(3)5-2;1-9-7-8-5-3-2-4-6-8/h3-6,14,18-19H,1-2H3;9-10H,4-8H2,1-3H3;2-6H,7H2,1H3/p+1. The Kier molecular flexibility index (Phi) is 17.0. The predicted octanol–water partition coefficient (Wildman–Crippen LogP) is 6.40. The molecule has 42 heavy (non-hydrogen) atoms. The summed E-state index contributed by atoms with van der Waals surface area (Å²) in [5.41, 5.74) is 3.86. The molecule has 232 valence electrons. The molecule has 3 rings (SSSR count). The van der Waals surface area contributed by atoms with Crippen molar-refractivity contribution in [2.24, 2.45) is 5.92 Å². The van der Waals surface area contributed by atoms with E-state index < -0.39 is 10.9 Å². The fraction of sp³-hybridized carbons (Fsp3) is 0.433. The number of nitrogens with zero attached hydrogens (tertiary/aromatic N) is 3. The molecule has 0 aliphatic heterocycles. The minimum absolute atomic E-state index is 0.0122. The molecule has 0 bridgehead atoms. The first kappa shape index (κ1) is 36.5. The van der Waals surface area contributed by atoms with Crippen LogP contribution in [0.3, 0.4) is 0 Å². The molecule has 0 saturated heterocycles. The Morgan fingerprint density at radius 1 is 1.14 bits per heavy atom. The second-order valence-electron chi connectivity index (χ2n) is 9.52. The maximum atomic E-state index is 10.9. The maximum absolute atomic E-state index is 10.9. The first-order valence-electron chi connectivity index (χ1n) is 13.7. The third-order valence-electron chi connectivity index (χ3n) is 6.07. The highest BCUT2D eigenvalue weighted by molar-refractivity contribution is 7.09. The molecule has 2 aromatic carbocycles. The molecule has 1 unspecified atom stereocenters. The SMILES string of the molecule is CCCN(C=O)CCC(C)CC.COCc1ccccc1.COc1cc(C(=O)O)ccc1N[N+](O)(O)c1csc(C)n1. The monoisotopic (exact) mass is 605 g/mol. The van der Waals surface area contributed by atoms with Gasteiger partial charge in [0.2, 0.25) is 6.41 Å². The van der Waals surface area contributed by atoms with Crippen molar-refractivity contribution in [3.63, 3.8) is 0 Å². The third kappa shape index (κ3) is 13.4. The molecule has 0 fully saturated rings. The molecule has 12 heteroatoms. The van der Waals surface area contributed by atoms with E-state index in [-0.39, 0.29) is 22.8 Å². The van der Waals surface area contributed by atoms with E-state index in [0.29, 0.717) is 11.6 Å². The second-order valence-corrected chi connectivity index (χ2v) is 10.6. The Labute approximate surface area is 252 Å². The number of rotatable bonds is 14. The number of aromatic carboxylic acids is 1. The van der Waals surface area contributed by atoms with Gasteiger partial charge in [0.25, 0.3) is 0 Å². The van der Waals surface area contributed by atoms with E-state index in [4.69, 9.17) is 14.6 Å². The van der Waals surface area contributed by atoms with Crippen LogP contribution in [-0.2, 0) is 16.1 Å². The van der Waals surface area contributed by atoms with E-state index in [9.17, 15) is 20.0 Å². The number of ether oxygens (including phenoxy) is 2. The van der Waals surface area contributed by atoms with Crippen LogP contribution >= 0.6 is 11.3 Å². The van der Waals surface area contributed by atoms with Gasteiger partial charge in [0.1, 0.15) is 16.4 Å². The molecule has 4 N–H and O–H groups in total. The highest BCUT2D eigenvalue weighted by atomic mass is 32.1.